The molecule has 2 aliphatic rings. The maximum Gasteiger partial charge on any atom is 0.102 e. The molecule has 0 saturated heterocycles. The summed E-state index contributed by atoms with van der Waals surface area (Å²) in [6.07, 6.45) is 4.65. The molecule has 1 atom stereocenters. The third-order valence-electron chi connectivity index (χ3n) is 7.01. The van der Waals surface area contributed by atoms with E-state index in [0.717, 1.165) is 0 Å². The second kappa shape index (κ2) is 7.13. The predicted octanol–water partition coefficient (Wildman–Crippen LogP) is 7.55. The van der Waals surface area contributed by atoms with Gasteiger partial charge in [-0.05, 0) is 58.4 Å². The molecule has 1 aliphatic heterocycles. The van der Waals surface area contributed by atoms with Gasteiger partial charge < -0.3 is 9.80 Å². The monoisotopic (exact) mass is 414 g/mol. The van der Waals surface area contributed by atoms with Gasteiger partial charge in [0.05, 0.1) is 5.69 Å². The molecule has 1 aliphatic carbocycles. The Hall–Kier alpha value is -3.78. The van der Waals surface area contributed by atoms with Gasteiger partial charge in [0.1, 0.15) is 6.17 Å². The van der Waals surface area contributed by atoms with Gasteiger partial charge in [-0.2, -0.15) is 0 Å². The Morgan fingerprint density at radius 3 is 1.53 bits per heavy atom. The molecular weight excluding hydrogens is 388 g/mol. The first-order valence-electron chi connectivity index (χ1n) is 11.3. The summed E-state index contributed by atoms with van der Waals surface area (Å²) in [5.41, 5.74) is 12.9. The van der Waals surface area contributed by atoms with E-state index >= 15 is 0 Å². The number of hydrogen-bond acceptors (Lipinski definition) is 2. The number of hydrogen-bond donors (Lipinski definition) is 0. The quantitative estimate of drug-likeness (QED) is 0.279. The van der Waals surface area contributed by atoms with Crippen LogP contribution in [0.25, 0.3) is 44.5 Å². The molecule has 32 heavy (non-hydrogen) atoms. The fourth-order valence-corrected chi connectivity index (χ4v) is 5.25. The molecule has 0 radical (unpaired) electrons. The molecule has 4 aromatic carbocycles. The van der Waals surface area contributed by atoms with Gasteiger partial charge in [0.2, 0.25) is 0 Å². The standard InChI is InChI=1S/C30H26N2/c1-20-16-17-28-26-14-7-6-12-24(26)22-10-4-5-11-23(22)25-13-8-9-15-27(25)29(28)30(20)32-19-18-31(3)21(32)2/h4-19,21H,1-3H3/t21-/m0/s1. The summed E-state index contributed by atoms with van der Waals surface area (Å²) >= 11 is 0. The fourth-order valence-electron chi connectivity index (χ4n) is 5.25. The highest BCUT2D eigenvalue weighted by molar-refractivity contribution is 6.06. The maximum absolute atomic E-state index is 2.42. The Kier molecular flexibility index (Phi) is 4.22. The van der Waals surface area contributed by atoms with E-state index in [0.29, 0.717) is 0 Å². The van der Waals surface area contributed by atoms with E-state index in [1.54, 1.807) is 0 Å². The molecule has 6 rings (SSSR count). The van der Waals surface area contributed by atoms with E-state index in [1.165, 1.54) is 55.8 Å². The van der Waals surface area contributed by atoms with Gasteiger partial charge in [0.15, 0.2) is 0 Å². The second-order valence-electron chi connectivity index (χ2n) is 8.79. The summed E-state index contributed by atoms with van der Waals surface area (Å²) in [6.45, 7) is 4.49. The molecule has 156 valence electrons. The Balaban J connectivity index is 1.78. The van der Waals surface area contributed by atoms with Crippen LogP contribution in [0.5, 0.6) is 0 Å². The van der Waals surface area contributed by atoms with E-state index in [1.807, 2.05) is 0 Å². The van der Waals surface area contributed by atoms with Crippen LogP contribution in [0, 0.1) is 6.92 Å². The van der Waals surface area contributed by atoms with Crippen LogP contribution >= 0.6 is 0 Å². The summed E-state index contributed by atoms with van der Waals surface area (Å²) in [4.78, 5) is 4.68. The van der Waals surface area contributed by atoms with Gasteiger partial charge in [0, 0.05) is 25.0 Å². The van der Waals surface area contributed by atoms with E-state index < -0.39 is 0 Å². The van der Waals surface area contributed by atoms with Crippen LogP contribution in [-0.2, 0) is 0 Å². The summed E-state index contributed by atoms with van der Waals surface area (Å²) in [6, 6.07) is 31.1. The average molecular weight is 415 g/mol. The van der Waals surface area contributed by atoms with Crippen molar-refractivity contribution in [1.29, 1.82) is 0 Å². The van der Waals surface area contributed by atoms with Crippen LogP contribution in [0.3, 0.4) is 0 Å². The SMILES string of the molecule is Cc1ccc2c(c1N1C=CN(C)[C@@H]1C)-c1ccccc1-c1ccccc1-c1ccccc1-2. The second-order valence-corrected chi connectivity index (χ2v) is 8.79. The van der Waals surface area contributed by atoms with E-state index in [-0.39, 0.29) is 6.17 Å². The van der Waals surface area contributed by atoms with Crippen molar-refractivity contribution < 1.29 is 0 Å². The first-order chi connectivity index (χ1) is 15.6. The van der Waals surface area contributed by atoms with E-state index in [2.05, 4.69) is 128 Å². The molecule has 1 heterocycles. The molecule has 0 saturated carbocycles. The Morgan fingerprint density at radius 1 is 0.562 bits per heavy atom. The Labute approximate surface area is 190 Å². The molecule has 2 heteroatoms. The zero-order chi connectivity index (χ0) is 21.8. The van der Waals surface area contributed by atoms with Crippen molar-refractivity contribution in [3.05, 3.63) is 103 Å². The van der Waals surface area contributed by atoms with Gasteiger partial charge >= 0.3 is 0 Å². The van der Waals surface area contributed by atoms with Crippen LogP contribution < -0.4 is 4.90 Å². The predicted molar refractivity (Wildman–Crippen MR) is 135 cm³/mol. The van der Waals surface area contributed by atoms with Crippen molar-refractivity contribution in [3.63, 3.8) is 0 Å². The minimum atomic E-state index is 0.264. The van der Waals surface area contributed by atoms with Gasteiger partial charge in [-0.25, -0.2) is 0 Å². The van der Waals surface area contributed by atoms with Gasteiger partial charge in [-0.3, -0.25) is 0 Å². The van der Waals surface area contributed by atoms with Crippen LogP contribution in [0.15, 0.2) is 97.3 Å². The molecule has 0 aromatic heterocycles. The summed E-state index contributed by atoms with van der Waals surface area (Å²) < 4.78 is 0. The minimum Gasteiger partial charge on any atom is -0.359 e. The zero-order valence-corrected chi connectivity index (χ0v) is 18.7. The highest BCUT2D eigenvalue weighted by Gasteiger charge is 2.29. The third kappa shape index (κ3) is 2.66. The minimum absolute atomic E-state index is 0.264. The lowest BCUT2D eigenvalue weighted by molar-refractivity contribution is 0.383. The molecule has 0 amide bonds. The molecular formula is C30H26N2. The summed E-state index contributed by atoms with van der Waals surface area (Å²) in [7, 11) is 2.14. The fraction of sp³-hybridized carbons (Fsp3) is 0.133. The van der Waals surface area contributed by atoms with Crippen molar-refractivity contribution in [3.8, 4) is 44.5 Å². The zero-order valence-electron chi connectivity index (χ0n) is 18.7. The molecule has 4 aromatic rings. The van der Waals surface area contributed by atoms with Crippen molar-refractivity contribution in [2.24, 2.45) is 0 Å². The number of fused-ring (bicyclic) bond motifs is 8. The molecule has 0 N–H and O–H groups in total. The summed E-state index contributed by atoms with van der Waals surface area (Å²) in [5.74, 6) is 0. The van der Waals surface area contributed by atoms with Crippen LogP contribution in [-0.4, -0.2) is 18.1 Å². The van der Waals surface area contributed by atoms with Gasteiger partial charge in [-0.15, -0.1) is 0 Å². The number of benzene rings is 4. The van der Waals surface area contributed by atoms with Crippen LogP contribution in [0.4, 0.5) is 5.69 Å². The largest absolute Gasteiger partial charge is 0.359 e. The van der Waals surface area contributed by atoms with Crippen LogP contribution in [0.2, 0.25) is 0 Å². The molecule has 0 unspecified atom stereocenters. The Morgan fingerprint density at radius 2 is 1.03 bits per heavy atom. The lowest BCUT2D eigenvalue weighted by Gasteiger charge is -2.33. The topological polar surface area (TPSA) is 6.48 Å². The first-order valence-corrected chi connectivity index (χ1v) is 11.3. The van der Waals surface area contributed by atoms with Crippen molar-refractivity contribution in [2.75, 3.05) is 11.9 Å². The van der Waals surface area contributed by atoms with Gasteiger partial charge in [0.25, 0.3) is 0 Å². The third-order valence-corrected chi connectivity index (χ3v) is 7.01. The first kappa shape index (κ1) is 18.9. The summed E-state index contributed by atoms with van der Waals surface area (Å²) in [5, 5.41) is 0. The molecule has 0 fully saturated rings. The maximum atomic E-state index is 2.42. The van der Waals surface area contributed by atoms with Crippen molar-refractivity contribution in [2.45, 2.75) is 20.0 Å². The number of rotatable bonds is 1. The molecule has 0 bridgehead atoms. The van der Waals surface area contributed by atoms with Crippen LogP contribution in [0.1, 0.15) is 12.5 Å². The number of anilines is 1. The van der Waals surface area contributed by atoms with Crippen molar-refractivity contribution in [1.82, 2.24) is 4.90 Å². The highest BCUT2D eigenvalue weighted by Crippen LogP contribution is 2.51. The highest BCUT2D eigenvalue weighted by atomic mass is 15.4. The van der Waals surface area contributed by atoms with E-state index in [4.69, 9.17) is 0 Å². The molecule has 0 spiro atoms. The number of aryl methyl sites for hydroxylation is 1. The smallest absolute Gasteiger partial charge is 0.102 e. The Bertz CT molecular complexity index is 1380. The lowest BCUT2D eigenvalue weighted by Crippen LogP contribution is -2.34. The average Bonchev–Trinajstić information content (AvgIpc) is 3.16. The normalized spacial score (nSPS) is 16.0. The lowest BCUT2D eigenvalue weighted by atomic mass is 9.79. The van der Waals surface area contributed by atoms with E-state index in [9.17, 15) is 0 Å². The van der Waals surface area contributed by atoms with Gasteiger partial charge in [-0.1, -0.05) is 84.9 Å². The molecule has 2 nitrogen and oxygen atoms in total. The van der Waals surface area contributed by atoms with Crippen molar-refractivity contribution >= 4 is 5.69 Å². The number of nitrogens with zero attached hydrogens (tertiary/aromatic N) is 2.